The van der Waals surface area contributed by atoms with Gasteiger partial charge in [-0.15, -0.1) is 11.3 Å². The average Bonchev–Trinajstić information content (AvgIpc) is 2.57. The third-order valence-corrected chi connectivity index (χ3v) is 2.69. The predicted octanol–water partition coefficient (Wildman–Crippen LogP) is 2.48. The van der Waals surface area contributed by atoms with E-state index in [9.17, 15) is 0 Å². The fraction of sp³-hybridized carbons (Fsp3) is 0.500. The molecular formula is C10H15ClN2OS. The van der Waals surface area contributed by atoms with Gasteiger partial charge in [0.1, 0.15) is 9.34 Å². The van der Waals surface area contributed by atoms with Crippen LogP contribution in [0.15, 0.2) is 18.3 Å². The first-order valence-corrected chi connectivity index (χ1v) is 5.91. The molecule has 3 nitrogen and oxygen atoms in total. The Balaban J connectivity index is 2.00. The topological polar surface area (TPSA) is 34.1 Å². The highest BCUT2D eigenvalue weighted by atomic mass is 35.5. The molecule has 1 aromatic rings. The van der Waals surface area contributed by atoms with E-state index in [1.807, 2.05) is 6.92 Å². The maximum Gasteiger partial charge on any atom is 0.113 e. The Labute approximate surface area is 99.1 Å². The monoisotopic (exact) mass is 246 g/mol. The molecule has 0 amide bonds. The highest BCUT2D eigenvalue weighted by Gasteiger charge is 1.98. The first kappa shape index (κ1) is 12.6. The second-order valence-electron chi connectivity index (χ2n) is 3.24. The van der Waals surface area contributed by atoms with Crippen molar-refractivity contribution in [1.82, 2.24) is 10.3 Å². The van der Waals surface area contributed by atoms with E-state index in [4.69, 9.17) is 16.3 Å². The highest BCUT2D eigenvalue weighted by molar-refractivity contribution is 7.15. The zero-order valence-electron chi connectivity index (χ0n) is 8.75. The van der Waals surface area contributed by atoms with Crippen LogP contribution in [0.3, 0.4) is 0 Å². The molecule has 15 heavy (non-hydrogen) atoms. The first-order chi connectivity index (χ1) is 7.18. The van der Waals surface area contributed by atoms with Gasteiger partial charge < -0.3 is 10.1 Å². The summed E-state index contributed by atoms with van der Waals surface area (Å²) in [5.41, 5.74) is 1.04. The van der Waals surface area contributed by atoms with Gasteiger partial charge in [-0.1, -0.05) is 23.8 Å². The molecule has 0 aromatic carbocycles. The summed E-state index contributed by atoms with van der Waals surface area (Å²) in [5.74, 6) is 0. The standard InChI is InChI=1S/C10H15ClN2OS/c1-8(2)7-14-4-3-12-6-10-13-5-9(11)15-10/h5,12H,1,3-4,6-7H2,2H3. The molecule has 1 N–H and O–H groups in total. The second kappa shape index (κ2) is 6.95. The Hall–Kier alpha value is -0.420. The molecule has 1 rings (SSSR count). The van der Waals surface area contributed by atoms with Crippen molar-refractivity contribution < 1.29 is 4.74 Å². The fourth-order valence-electron chi connectivity index (χ4n) is 0.956. The number of thiazole rings is 1. The zero-order valence-corrected chi connectivity index (χ0v) is 10.3. The third-order valence-electron chi connectivity index (χ3n) is 1.57. The molecule has 1 aromatic heterocycles. The third kappa shape index (κ3) is 5.89. The lowest BCUT2D eigenvalue weighted by atomic mass is 10.4. The number of ether oxygens (including phenoxy) is 1. The molecule has 0 atom stereocenters. The van der Waals surface area contributed by atoms with Crippen LogP contribution in [0.1, 0.15) is 11.9 Å². The SMILES string of the molecule is C=C(C)COCCNCc1ncc(Cl)s1. The van der Waals surface area contributed by atoms with E-state index in [0.717, 1.165) is 28.0 Å². The van der Waals surface area contributed by atoms with Crippen molar-refractivity contribution in [2.75, 3.05) is 19.8 Å². The quantitative estimate of drug-likeness (QED) is 0.593. The molecule has 0 saturated carbocycles. The minimum absolute atomic E-state index is 0.630. The highest BCUT2D eigenvalue weighted by Crippen LogP contribution is 2.17. The number of nitrogens with one attached hydrogen (secondary N) is 1. The zero-order chi connectivity index (χ0) is 11.1. The van der Waals surface area contributed by atoms with Gasteiger partial charge in [-0.05, 0) is 6.92 Å². The Kier molecular flexibility index (Phi) is 5.86. The number of hydrogen-bond donors (Lipinski definition) is 1. The fourth-order valence-corrected chi connectivity index (χ4v) is 1.88. The van der Waals surface area contributed by atoms with Crippen LogP contribution in [0.4, 0.5) is 0 Å². The van der Waals surface area contributed by atoms with Gasteiger partial charge >= 0.3 is 0 Å². The van der Waals surface area contributed by atoms with Gasteiger partial charge in [-0.2, -0.15) is 0 Å². The smallest absolute Gasteiger partial charge is 0.113 e. The maximum absolute atomic E-state index is 5.75. The van der Waals surface area contributed by atoms with Crippen molar-refractivity contribution in [3.8, 4) is 0 Å². The number of nitrogens with zero attached hydrogens (tertiary/aromatic N) is 1. The summed E-state index contributed by atoms with van der Waals surface area (Å²) in [4.78, 5) is 4.13. The van der Waals surface area contributed by atoms with Gasteiger partial charge in [0.25, 0.3) is 0 Å². The van der Waals surface area contributed by atoms with E-state index in [0.29, 0.717) is 13.2 Å². The van der Waals surface area contributed by atoms with Crippen molar-refractivity contribution in [3.63, 3.8) is 0 Å². The second-order valence-corrected chi connectivity index (χ2v) is 4.99. The molecule has 0 bridgehead atoms. The lowest BCUT2D eigenvalue weighted by Gasteiger charge is -2.04. The number of aromatic nitrogens is 1. The van der Waals surface area contributed by atoms with Crippen LogP contribution in [0.2, 0.25) is 4.34 Å². The van der Waals surface area contributed by atoms with E-state index in [-0.39, 0.29) is 0 Å². The Morgan fingerprint density at radius 1 is 1.73 bits per heavy atom. The molecule has 1 heterocycles. The van der Waals surface area contributed by atoms with Gasteiger partial charge in [0.05, 0.1) is 19.4 Å². The Morgan fingerprint density at radius 2 is 2.53 bits per heavy atom. The number of halogens is 1. The van der Waals surface area contributed by atoms with Crippen LogP contribution < -0.4 is 5.32 Å². The number of rotatable bonds is 7. The number of hydrogen-bond acceptors (Lipinski definition) is 4. The molecule has 0 aliphatic rings. The van der Waals surface area contributed by atoms with Crippen molar-refractivity contribution in [2.24, 2.45) is 0 Å². The van der Waals surface area contributed by atoms with Crippen LogP contribution in [0.25, 0.3) is 0 Å². The molecule has 5 heteroatoms. The lowest BCUT2D eigenvalue weighted by molar-refractivity contribution is 0.158. The lowest BCUT2D eigenvalue weighted by Crippen LogP contribution is -2.19. The Morgan fingerprint density at radius 3 is 3.13 bits per heavy atom. The molecular weight excluding hydrogens is 232 g/mol. The first-order valence-electron chi connectivity index (χ1n) is 4.71. The molecule has 0 saturated heterocycles. The van der Waals surface area contributed by atoms with Gasteiger partial charge in [0.15, 0.2) is 0 Å². The molecule has 0 fully saturated rings. The van der Waals surface area contributed by atoms with Gasteiger partial charge in [0, 0.05) is 13.1 Å². The summed E-state index contributed by atoms with van der Waals surface area (Å²) >= 11 is 7.24. The summed E-state index contributed by atoms with van der Waals surface area (Å²) in [6, 6.07) is 0. The van der Waals surface area contributed by atoms with Crippen molar-refractivity contribution in [1.29, 1.82) is 0 Å². The average molecular weight is 247 g/mol. The summed E-state index contributed by atoms with van der Waals surface area (Å²) in [5, 5.41) is 4.22. The molecule has 0 aliphatic carbocycles. The molecule has 0 aliphatic heterocycles. The summed E-state index contributed by atoms with van der Waals surface area (Å²) < 4.78 is 6.06. The van der Waals surface area contributed by atoms with Crippen molar-refractivity contribution >= 4 is 22.9 Å². The van der Waals surface area contributed by atoms with E-state index in [1.165, 1.54) is 11.3 Å². The maximum atomic E-state index is 5.75. The predicted molar refractivity (Wildman–Crippen MR) is 64.5 cm³/mol. The van der Waals surface area contributed by atoms with Crippen molar-refractivity contribution in [2.45, 2.75) is 13.5 Å². The van der Waals surface area contributed by atoms with Crippen LogP contribution in [0, 0.1) is 0 Å². The van der Waals surface area contributed by atoms with Gasteiger partial charge in [0.2, 0.25) is 0 Å². The van der Waals surface area contributed by atoms with E-state index in [1.54, 1.807) is 6.20 Å². The van der Waals surface area contributed by atoms with Crippen LogP contribution in [0.5, 0.6) is 0 Å². The van der Waals surface area contributed by atoms with Crippen LogP contribution in [-0.4, -0.2) is 24.7 Å². The summed E-state index contributed by atoms with van der Waals surface area (Å²) in [7, 11) is 0. The minimum Gasteiger partial charge on any atom is -0.376 e. The van der Waals surface area contributed by atoms with E-state index in [2.05, 4.69) is 16.9 Å². The van der Waals surface area contributed by atoms with E-state index < -0.39 is 0 Å². The largest absolute Gasteiger partial charge is 0.376 e. The van der Waals surface area contributed by atoms with Gasteiger partial charge in [-0.3, -0.25) is 0 Å². The molecule has 0 spiro atoms. The molecule has 84 valence electrons. The summed E-state index contributed by atoms with van der Waals surface area (Å²) in [6.07, 6.45) is 1.67. The molecule has 0 unspecified atom stereocenters. The van der Waals surface area contributed by atoms with E-state index >= 15 is 0 Å². The Bertz CT molecular complexity index is 314. The van der Waals surface area contributed by atoms with Crippen molar-refractivity contribution in [3.05, 3.63) is 27.7 Å². The van der Waals surface area contributed by atoms with Gasteiger partial charge in [-0.25, -0.2) is 4.98 Å². The normalized spacial score (nSPS) is 10.5. The minimum atomic E-state index is 0.630. The summed E-state index contributed by atoms with van der Waals surface area (Å²) in [6.45, 7) is 8.57. The van der Waals surface area contributed by atoms with Crippen LogP contribution in [-0.2, 0) is 11.3 Å². The van der Waals surface area contributed by atoms with Crippen LogP contribution >= 0.6 is 22.9 Å². The molecule has 0 radical (unpaired) electrons.